The number of benzene rings is 1. The van der Waals surface area contributed by atoms with Crippen molar-refractivity contribution in [3.05, 3.63) is 58.4 Å². The fraction of sp³-hybridized carbons (Fsp3) is 0.214. The fourth-order valence-electron chi connectivity index (χ4n) is 2.15. The Morgan fingerprint density at radius 2 is 2.10 bits per heavy atom. The zero-order valence-electron chi connectivity index (χ0n) is 10.7. The lowest BCUT2D eigenvalue weighted by molar-refractivity contribution is 0.518. The maximum absolute atomic E-state index is 12.3. The van der Waals surface area contributed by atoms with Gasteiger partial charge in [0.15, 0.2) is 0 Å². The van der Waals surface area contributed by atoms with Crippen molar-refractivity contribution in [3.63, 3.8) is 0 Å². The van der Waals surface area contributed by atoms with E-state index in [1.54, 1.807) is 35.3 Å². The zero-order valence-corrected chi connectivity index (χ0v) is 11.5. The van der Waals surface area contributed by atoms with Crippen molar-refractivity contribution in [1.29, 1.82) is 0 Å². The lowest BCUT2D eigenvalue weighted by atomic mass is 10.2. The van der Waals surface area contributed by atoms with Gasteiger partial charge in [-0.1, -0.05) is 17.7 Å². The third kappa shape index (κ3) is 2.44. The molecule has 0 unspecified atom stereocenters. The van der Waals surface area contributed by atoms with E-state index >= 15 is 0 Å². The van der Waals surface area contributed by atoms with Crippen LogP contribution in [0.4, 0.5) is 0 Å². The summed E-state index contributed by atoms with van der Waals surface area (Å²) in [6.07, 6.45) is 6.02. The van der Waals surface area contributed by atoms with Crippen LogP contribution in [0.25, 0.3) is 10.9 Å². The van der Waals surface area contributed by atoms with Gasteiger partial charge in [-0.25, -0.2) is 4.98 Å². The van der Waals surface area contributed by atoms with Crippen molar-refractivity contribution in [1.82, 2.24) is 19.3 Å². The van der Waals surface area contributed by atoms with E-state index in [4.69, 9.17) is 11.6 Å². The molecule has 0 amide bonds. The summed E-state index contributed by atoms with van der Waals surface area (Å²) in [7, 11) is 0. The first kappa shape index (κ1) is 12.9. The van der Waals surface area contributed by atoms with Crippen LogP contribution >= 0.6 is 11.6 Å². The summed E-state index contributed by atoms with van der Waals surface area (Å²) in [6.45, 7) is 1.38. The Bertz CT molecular complexity index is 779. The Hall–Kier alpha value is -2.14. The first-order valence-electron chi connectivity index (χ1n) is 6.37. The largest absolute Gasteiger partial charge is 0.299 e. The smallest absolute Gasteiger partial charge is 0.261 e. The molecule has 0 spiro atoms. The molecule has 0 aliphatic carbocycles. The molecule has 3 aromatic rings. The second-order valence-electron chi connectivity index (χ2n) is 4.50. The van der Waals surface area contributed by atoms with E-state index in [0.717, 1.165) is 13.0 Å². The number of aryl methyl sites for hydroxylation is 2. The summed E-state index contributed by atoms with van der Waals surface area (Å²) < 4.78 is 3.46. The van der Waals surface area contributed by atoms with Crippen LogP contribution < -0.4 is 5.56 Å². The Labute approximate surface area is 120 Å². The average molecular weight is 289 g/mol. The number of halogens is 1. The van der Waals surface area contributed by atoms with Crippen molar-refractivity contribution in [2.45, 2.75) is 19.5 Å². The second-order valence-corrected chi connectivity index (χ2v) is 4.91. The molecular formula is C14H13ClN4O. The number of para-hydroxylation sites is 1. The molecule has 3 rings (SSSR count). The van der Waals surface area contributed by atoms with Crippen LogP contribution in [0.15, 0.2) is 47.8 Å². The molecule has 5 nitrogen and oxygen atoms in total. The topological polar surface area (TPSA) is 52.7 Å². The number of fused-ring (bicyclic) bond motifs is 1. The van der Waals surface area contributed by atoms with Crippen LogP contribution in [0.5, 0.6) is 0 Å². The molecule has 0 N–H and O–H groups in total. The zero-order chi connectivity index (χ0) is 13.9. The molecule has 0 radical (unpaired) electrons. The van der Waals surface area contributed by atoms with Crippen molar-refractivity contribution in [2.24, 2.45) is 0 Å². The molecule has 2 heterocycles. The van der Waals surface area contributed by atoms with E-state index in [0.29, 0.717) is 22.5 Å². The quantitative estimate of drug-likeness (QED) is 0.740. The molecule has 0 fully saturated rings. The first-order valence-corrected chi connectivity index (χ1v) is 6.74. The van der Waals surface area contributed by atoms with Gasteiger partial charge in [0.2, 0.25) is 0 Å². The number of aromatic nitrogens is 4. The van der Waals surface area contributed by atoms with Gasteiger partial charge in [0.25, 0.3) is 5.56 Å². The Morgan fingerprint density at radius 1 is 1.20 bits per heavy atom. The van der Waals surface area contributed by atoms with Gasteiger partial charge in [0.1, 0.15) is 0 Å². The van der Waals surface area contributed by atoms with E-state index in [2.05, 4.69) is 10.1 Å². The number of rotatable bonds is 4. The summed E-state index contributed by atoms with van der Waals surface area (Å²) in [5.41, 5.74) is 0.500. The van der Waals surface area contributed by atoms with Crippen LogP contribution in [-0.4, -0.2) is 19.3 Å². The summed E-state index contributed by atoms with van der Waals surface area (Å²) in [5.74, 6) is 0. The normalized spacial score (nSPS) is 11.1. The second kappa shape index (κ2) is 5.46. The highest BCUT2D eigenvalue weighted by molar-refractivity contribution is 6.34. The molecule has 0 aliphatic rings. The summed E-state index contributed by atoms with van der Waals surface area (Å²) in [5, 5.41) is 5.19. The molecule has 0 saturated carbocycles. The standard InChI is InChI=1S/C14H13ClN4O/c15-12-5-1-4-11-13(12)16-10-18(14(11)20)7-3-9-19-8-2-6-17-19/h1-2,4-6,8,10H,3,7,9H2. The molecule has 0 atom stereocenters. The van der Waals surface area contributed by atoms with Gasteiger partial charge >= 0.3 is 0 Å². The Balaban J connectivity index is 1.82. The van der Waals surface area contributed by atoms with Gasteiger partial charge in [-0.2, -0.15) is 5.10 Å². The van der Waals surface area contributed by atoms with E-state index < -0.39 is 0 Å². The average Bonchev–Trinajstić information content (AvgIpc) is 2.95. The molecule has 0 saturated heterocycles. The van der Waals surface area contributed by atoms with Crippen LogP contribution in [0.2, 0.25) is 5.02 Å². The van der Waals surface area contributed by atoms with E-state index in [1.807, 2.05) is 16.9 Å². The van der Waals surface area contributed by atoms with Crippen molar-refractivity contribution < 1.29 is 0 Å². The minimum Gasteiger partial charge on any atom is -0.299 e. The third-order valence-corrected chi connectivity index (χ3v) is 3.45. The van der Waals surface area contributed by atoms with Crippen molar-refractivity contribution in [2.75, 3.05) is 0 Å². The summed E-state index contributed by atoms with van der Waals surface area (Å²) in [6, 6.07) is 7.13. The lowest BCUT2D eigenvalue weighted by Crippen LogP contribution is -2.21. The Kier molecular flexibility index (Phi) is 3.52. The predicted octanol–water partition coefficient (Wildman–Crippen LogP) is 2.34. The first-order chi connectivity index (χ1) is 9.75. The van der Waals surface area contributed by atoms with Crippen molar-refractivity contribution in [3.8, 4) is 0 Å². The van der Waals surface area contributed by atoms with Crippen molar-refractivity contribution >= 4 is 22.5 Å². The fourth-order valence-corrected chi connectivity index (χ4v) is 2.37. The van der Waals surface area contributed by atoms with Gasteiger partial charge in [-0.3, -0.25) is 14.0 Å². The lowest BCUT2D eigenvalue weighted by Gasteiger charge is -2.07. The van der Waals surface area contributed by atoms with Crippen LogP contribution in [0.1, 0.15) is 6.42 Å². The molecule has 1 aromatic carbocycles. The third-order valence-electron chi connectivity index (χ3n) is 3.15. The highest BCUT2D eigenvalue weighted by atomic mass is 35.5. The van der Waals surface area contributed by atoms with Crippen LogP contribution in [0, 0.1) is 0 Å². The highest BCUT2D eigenvalue weighted by Crippen LogP contribution is 2.17. The van der Waals surface area contributed by atoms with E-state index in [1.165, 1.54) is 0 Å². The number of hydrogen-bond acceptors (Lipinski definition) is 3. The summed E-state index contributed by atoms with van der Waals surface area (Å²) >= 11 is 6.03. The van der Waals surface area contributed by atoms with Crippen LogP contribution in [-0.2, 0) is 13.1 Å². The maximum Gasteiger partial charge on any atom is 0.261 e. The maximum atomic E-state index is 12.3. The molecule has 2 aromatic heterocycles. The summed E-state index contributed by atoms with van der Waals surface area (Å²) in [4.78, 5) is 16.6. The molecule has 0 bridgehead atoms. The Morgan fingerprint density at radius 3 is 2.90 bits per heavy atom. The van der Waals surface area contributed by atoms with Gasteiger partial charge in [-0.05, 0) is 24.6 Å². The van der Waals surface area contributed by atoms with Crippen LogP contribution in [0.3, 0.4) is 0 Å². The molecular weight excluding hydrogens is 276 g/mol. The molecule has 20 heavy (non-hydrogen) atoms. The van der Waals surface area contributed by atoms with Gasteiger partial charge in [0.05, 0.1) is 22.3 Å². The number of nitrogens with zero attached hydrogens (tertiary/aromatic N) is 4. The minimum absolute atomic E-state index is 0.0574. The molecule has 102 valence electrons. The minimum atomic E-state index is -0.0574. The van der Waals surface area contributed by atoms with E-state index in [-0.39, 0.29) is 5.56 Å². The predicted molar refractivity (Wildman–Crippen MR) is 77.9 cm³/mol. The van der Waals surface area contributed by atoms with Gasteiger partial charge in [-0.15, -0.1) is 0 Å². The van der Waals surface area contributed by atoms with E-state index in [9.17, 15) is 4.79 Å². The number of hydrogen-bond donors (Lipinski definition) is 0. The molecule has 0 aliphatic heterocycles. The van der Waals surface area contributed by atoms with Gasteiger partial charge in [0, 0.05) is 25.5 Å². The molecule has 6 heteroatoms. The SMILES string of the molecule is O=c1c2cccc(Cl)c2ncn1CCCn1cccn1. The van der Waals surface area contributed by atoms with Gasteiger partial charge < -0.3 is 0 Å². The monoisotopic (exact) mass is 288 g/mol. The highest BCUT2D eigenvalue weighted by Gasteiger charge is 2.06.